The van der Waals surface area contributed by atoms with E-state index in [4.69, 9.17) is 5.73 Å². The van der Waals surface area contributed by atoms with Gasteiger partial charge in [0.25, 0.3) is 0 Å². The SMILES string of the molecule is CCc1cnccc1-c1ncc([C@H](C)N)c(C)n1. The van der Waals surface area contributed by atoms with E-state index in [1.54, 1.807) is 6.20 Å². The lowest BCUT2D eigenvalue weighted by Gasteiger charge is -2.11. The Hall–Kier alpha value is -1.81. The second-order valence-electron chi connectivity index (χ2n) is 4.41. The maximum absolute atomic E-state index is 5.87. The first-order valence-electron chi connectivity index (χ1n) is 6.15. The molecular weight excluding hydrogens is 224 g/mol. The molecular formula is C14H18N4. The van der Waals surface area contributed by atoms with Gasteiger partial charge in [-0.3, -0.25) is 4.98 Å². The molecule has 0 spiro atoms. The molecule has 0 aliphatic carbocycles. The normalized spacial score (nSPS) is 12.4. The smallest absolute Gasteiger partial charge is 0.159 e. The highest BCUT2D eigenvalue weighted by atomic mass is 14.9. The first-order valence-corrected chi connectivity index (χ1v) is 6.15. The Morgan fingerprint density at radius 1 is 1.33 bits per heavy atom. The highest BCUT2D eigenvalue weighted by molar-refractivity contribution is 5.59. The molecule has 1 atom stereocenters. The van der Waals surface area contributed by atoms with Crippen LogP contribution in [0, 0.1) is 6.92 Å². The van der Waals surface area contributed by atoms with Gasteiger partial charge < -0.3 is 5.73 Å². The van der Waals surface area contributed by atoms with Crippen LogP contribution in [0.2, 0.25) is 0 Å². The second-order valence-corrected chi connectivity index (χ2v) is 4.41. The summed E-state index contributed by atoms with van der Waals surface area (Å²) in [6.07, 6.45) is 6.38. The van der Waals surface area contributed by atoms with E-state index in [2.05, 4.69) is 21.9 Å². The summed E-state index contributed by atoms with van der Waals surface area (Å²) >= 11 is 0. The largest absolute Gasteiger partial charge is 0.324 e. The maximum Gasteiger partial charge on any atom is 0.159 e. The van der Waals surface area contributed by atoms with Crippen molar-refractivity contribution in [2.24, 2.45) is 5.73 Å². The summed E-state index contributed by atoms with van der Waals surface area (Å²) in [7, 11) is 0. The van der Waals surface area contributed by atoms with Gasteiger partial charge in [-0.05, 0) is 31.9 Å². The minimum absolute atomic E-state index is 0.0397. The molecule has 18 heavy (non-hydrogen) atoms. The van der Waals surface area contributed by atoms with Gasteiger partial charge >= 0.3 is 0 Å². The zero-order valence-electron chi connectivity index (χ0n) is 11.0. The number of nitrogens with zero attached hydrogens (tertiary/aromatic N) is 3. The Morgan fingerprint density at radius 3 is 2.72 bits per heavy atom. The highest BCUT2D eigenvalue weighted by Gasteiger charge is 2.10. The first-order chi connectivity index (χ1) is 8.63. The molecule has 4 heteroatoms. The van der Waals surface area contributed by atoms with Gasteiger partial charge in [-0.25, -0.2) is 9.97 Å². The Morgan fingerprint density at radius 2 is 2.11 bits per heavy atom. The van der Waals surface area contributed by atoms with Crippen LogP contribution >= 0.6 is 0 Å². The summed E-state index contributed by atoms with van der Waals surface area (Å²) in [6.45, 7) is 6.01. The van der Waals surface area contributed by atoms with Gasteiger partial charge in [-0.2, -0.15) is 0 Å². The lowest BCUT2D eigenvalue weighted by molar-refractivity contribution is 0.790. The molecule has 2 aromatic heterocycles. The predicted molar refractivity (Wildman–Crippen MR) is 72.0 cm³/mol. The van der Waals surface area contributed by atoms with E-state index < -0.39 is 0 Å². The minimum Gasteiger partial charge on any atom is -0.324 e. The van der Waals surface area contributed by atoms with Crippen LogP contribution in [0.4, 0.5) is 0 Å². The van der Waals surface area contributed by atoms with Gasteiger partial charge in [0.2, 0.25) is 0 Å². The third-order valence-corrected chi connectivity index (χ3v) is 3.03. The number of hydrogen-bond acceptors (Lipinski definition) is 4. The Balaban J connectivity index is 2.49. The first kappa shape index (κ1) is 12.6. The fourth-order valence-electron chi connectivity index (χ4n) is 1.98. The molecule has 0 fully saturated rings. The second kappa shape index (κ2) is 5.23. The third kappa shape index (κ3) is 2.38. The van der Waals surface area contributed by atoms with Crippen LogP contribution in [0.25, 0.3) is 11.4 Å². The van der Waals surface area contributed by atoms with Gasteiger partial charge in [-0.15, -0.1) is 0 Å². The van der Waals surface area contributed by atoms with Crippen LogP contribution in [0.5, 0.6) is 0 Å². The van der Waals surface area contributed by atoms with E-state index in [0.717, 1.165) is 34.6 Å². The molecule has 0 saturated heterocycles. The zero-order chi connectivity index (χ0) is 13.1. The van der Waals surface area contributed by atoms with Gasteiger partial charge in [-0.1, -0.05) is 6.92 Å². The summed E-state index contributed by atoms with van der Waals surface area (Å²) < 4.78 is 0. The van der Waals surface area contributed by atoms with Crippen LogP contribution in [0.15, 0.2) is 24.7 Å². The molecule has 0 unspecified atom stereocenters. The van der Waals surface area contributed by atoms with Crippen molar-refractivity contribution in [1.82, 2.24) is 15.0 Å². The quantitative estimate of drug-likeness (QED) is 0.897. The molecule has 0 aromatic carbocycles. The summed E-state index contributed by atoms with van der Waals surface area (Å²) in [5.41, 5.74) is 10.0. The van der Waals surface area contributed by atoms with E-state index in [0.29, 0.717) is 0 Å². The van der Waals surface area contributed by atoms with Gasteiger partial charge in [0.1, 0.15) is 0 Å². The van der Waals surface area contributed by atoms with Crippen molar-refractivity contribution in [1.29, 1.82) is 0 Å². The van der Waals surface area contributed by atoms with Gasteiger partial charge in [0.15, 0.2) is 5.82 Å². The van der Waals surface area contributed by atoms with E-state index in [9.17, 15) is 0 Å². The van der Waals surface area contributed by atoms with Crippen molar-refractivity contribution in [2.75, 3.05) is 0 Å². The molecule has 2 N–H and O–H groups in total. The predicted octanol–water partition coefficient (Wildman–Crippen LogP) is 2.43. The number of rotatable bonds is 3. The molecule has 0 radical (unpaired) electrons. The fourth-order valence-corrected chi connectivity index (χ4v) is 1.98. The van der Waals surface area contributed by atoms with Crippen LogP contribution in [-0.4, -0.2) is 15.0 Å². The standard InChI is InChI=1S/C14H18N4/c1-4-11-7-16-6-5-12(11)14-17-8-13(9(2)15)10(3)18-14/h5-9H,4,15H2,1-3H3/t9-/m0/s1. The molecule has 2 aromatic rings. The Kier molecular flexibility index (Phi) is 3.67. The van der Waals surface area contributed by atoms with Crippen LogP contribution in [0.3, 0.4) is 0 Å². The van der Waals surface area contributed by atoms with Crippen LogP contribution in [-0.2, 0) is 6.42 Å². The van der Waals surface area contributed by atoms with Gasteiger partial charge in [0.05, 0.1) is 0 Å². The topological polar surface area (TPSA) is 64.7 Å². The molecule has 94 valence electrons. The van der Waals surface area contributed by atoms with Crippen molar-refractivity contribution < 1.29 is 0 Å². The molecule has 0 amide bonds. The molecule has 4 nitrogen and oxygen atoms in total. The molecule has 2 heterocycles. The number of hydrogen-bond donors (Lipinski definition) is 1. The number of pyridine rings is 1. The molecule has 2 rings (SSSR count). The fraction of sp³-hybridized carbons (Fsp3) is 0.357. The zero-order valence-corrected chi connectivity index (χ0v) is 11.0. The van der Waals surface area contributed by atoms with Crippen molar-refractivity contribution in [3.8, 4) is 11.4 Å². The average molecular weight is 242 g/mol. The lowest BCUT2D eigenvalue weighted by atomic mass is 10.1. The van der Waals surface area contributed by atoms with Crippen LogP contribution in [0.1, 0.15) is 36.7 Å². The monoisotopic (exact) mass is 242 g/mol. The minimum atomic E-state index is -0.0397. The van der Waals surface area contributed by atoms with E-state index >= 15 is 0 Å². The van der Waals surface area contributed by atoms with E-state index in [-0.39, 0.29) is 6.04 Å². The lowest BCUT2D eigenvalue weighted by Crippen LogP contribution is -2.09. The summed E-state index contributed by atoms with van der Waals surface area (Å²) in [6, 6.07) is 1.92. The maximum atomic E-state index is 5.87. The summed E-state index contributed by atoms with van der Waals surface area (Å²) in [4.78, 5) is 13.1. The average Bonchev–Trinajstić information content (AvgIpc) is 2.38. The van der Waals surface area contributed by atoms with Crippen LogP contribution < -0.4 is 5.73 Å². The van der Waals surface area contributed by atoms with E-state index in [1.807, 2.05) is 32.3 Å². The van der Waals surface area contributed by atoms with E-state index in [1.165, 1.54) is 0 Å². The number of aromatic nitrogens is 3. The van der Waals surface area contributed by atoms with Gasteiger partial charge in [0, 0.05) is 41.5 Å². The molecule has 0 saturated carbocycles. The molecule has 0 aliphatic heterocycles. The molecule has 0 bridgehead atoms. The Bertz CT molecular complexity index is 549. The highest BCUT2D eigenvalue weighted by Crippen LogP contribution is 2.21. The summed E-state index contributed by atoms with van der Waals surface area (Å²) in [5, 5.41) is 0. The number of aryl methyl sites for hydroxylation is 2. The van der Waals surface area contributed by atoms with Crippen molar-refractivity contribution >= 4 is 0 Å². The Labute approximate surface area is 107 Å². The summed E-state index contributed by atoms with van der Waals surface area (Å²) in [5.74, 6) is 0.746. The number of nitrogens with two attached hydrogens (primary N) is 1. The van der Waals surface area contributed by atoms with Crippen molar-refractivity contribution in [3.63, 3.8) is 0 Å². The third-order valence-electron chi connectivity index (χ3n) is 3.03. The van der Waals surface area contributed by atoms with Crippen molar-refractivity contribution in [2.45, 2.75) is 33.2 Å². The van der Waals surface area contributed by atoms with Crippen molar-refractivity contribution in [3.05, 3.63) is 41.5 Å². The molecule has 0 aliphatic rings.